The Bertz CT molecular complexity index is 3950. The Hall–Kier alpha value is -8.20. The van der Waals surface area contributed by atoms with Gasteiger partial charge in [0.2, 0.25) is 17.5 Å². The third kappa shape index (κ3) is 8.96. The number of benzene rings is 2. The second-order valence-electron chi connectivity index (χ2n) is 20.1. The van der Waals surface area contributed by atoms with Crippen molar-refractivity contribution in [2.45, 2.75) is 78.1 Å². The molecule has 11 rings (SSSR count). The van der Waals surface area contributed by atoms with E-state index in [0.717, 1.165) is 21.6 Å². The molecule has 78 heavy (non-hydrogen) atoms. The number of para-hydroxylation sites is 1. The average molecular weight is 1080 g/mol. The number of pyridine rings is 2. The van der Waals surface area contributed by atoms with Gasteiger partial charge in [0, 0.05) is 57.3 Å². The van der Waals surface area contributed by atoms with E-state index >= 15 is 8.78 Å². The molecular formula is C56H55ClF3N13O5. The van der Waals surface area contributed by atoms with Crippen LogP contribution in [-0.4, -0.2) is 131 Å². The molecule has 22 heteroatoms. The molecule has 3 saturated heterocycles. The number of amides is 2. The smallest absolute Gasteiger partial charge is 0.356 e. The third-order valence-electron chi connectivity index (χ3n) is 15.2. The molecule has 0 aliphatic carbocycles. The van der Waals surface area contributed by atoms with Crippen LogP contribution in [0.1, 0.15) is 63.8 Å². The second kappa shape index (κ2) is 20.6. The van der Waals surface area contributed by atoms with Crippen molar-refractivity contribution in [2.24, 2.45) is 0 Å². The van der Waals surface area contributed by atoms with Crippen molar-refractivity contribution in [3.05, 3.63) is 134 Å². The highest BCUT2D eigenvalue weighted by atomic mass is 35.5. The van der Waals surface area contributed by atoms with E-state index in [1.807, 2.05) is 62.6 Å². The number of alkyl halides is 1. The summed E-state index contributed by atoms with van der Waals surface area (Å²) in [6.45, 7) is 15.3. The lowest BCUT2D eigenvalue weighted by molar-refractivity contribution is -0.127. The molecule has 8 aromatic rings. The minimum Gasteiger partial charge on any atom is -0.436 e. The van der Waals surface area contributed by atoms with Gasteiger partial charge in [-0.2, -0.15) is 15.0 Å². The molecule has 0 saturated carbocycles. The maximum atomic E-state index is 16.5. The number of aryl methyl sites for hydroxylation is 2. The topological polar surface area (TPSA) is 184 Å². The van der Waals surface area contributed by atoms with Crippen LogP contribution >= 0.6 is 11.6 Å². The zero-order valence-corrected chi connectivity index (χ0v) is 44.3. The van der Waals surface area contributed by atoms with E-state index in [9.17, 15) is 23.6 Å². The van der Waals surface area contributed by atoms with Gasteiger partial charge in [-0.1, -0.05) is 69.3 Å². The number of hydrogen-bond donors (Lipinski definition) is 0. The van der Waals surface area contributed by atoms with Gasteiger partial charge in [-0.25, -0.2) is 46.7 Å². The monoisotopic (exact) mass is 1080 g/mol. The molecule has 3 aliphatic rings. The van der Waals surface area contributed by atoms with Crippen LogP contribution in [0, 0.1) is 11.6 Å². The highest BCUT2D eigenvalue weighted by Gasteiger charge is 2.34. The Kier molecular flexibility index (Phi) is 13.7. The standard InChI is InChI=1S/C56H55ClF3N13O5/c1-7-33-14-11-15-34(8-2)47(33)72-52-36(23-38(57)53(64-52)69-27-35(58)28-69)49(65-55(72)76)70-22-20-68(26-32(70)6)43(75)18-10-13-30(4)45-48-54(62-29-61-45)78-41-17-12-16-39(59)44(41)46-40(60)24-37-50(66-56(77)73(48)51(37)63-46)71-21-19-67(25-31(71)5)42(74)9-3/h9-12,14-18,23-24,29-32,35H,3,7-8,13,19-22,25-28H2,1-2,4-6H3/b18-10-/t30?,31-,32-/m0/s1. The first kappa shape index (κ1) is 51.9. The lowest BCUT2D eigenvalue weighted by atomic mass is 10.0. The Labute approximate surface area is 449 Å². The van der Waals surface area contributed by atoms with Crippen molar-refractivity contribution in [3.63, 3.8) is 0 Å². The Morgan fingerprint density at radius 3 is 2.08 bits per heavy atom. The first-order valence-corrected chi connectivity index (χ1v) is 26.4. The highest BCUT2D eigenvalue weighted by Crippen LogP contribution is 2.38. The number of halogens is 4. The lowest BCUT2D eigenvalue weighted by Crippen LogP contribution is -2.54. The van der Waals surface area contributed by atoms with E-state index in [4.69, 9.17) is 26.0 Å². The van der Waals surface area contributed by atoms with Crippen LogP contribution < -0.4 is 26.1 Å². The number of anilines is 3. The number of fused-ring (bicyclic) bond motifs is 6. The molecule has 3 fully saturated rings. The van der Waals surface area contributed by atoms with Gasteiger partial charge in [-0.05, 0) is 80.7 Å². The zero-order valence-electron chi connectivity index (χ0n) is 43.6. The molecule has 402 valence electrons. The fourth-order valence-corrected chi connectivity index (χ4v) is 11.4. The van der Waals surface area contributed by atoms with Crippen molar-refractivity contribution in [3.8, 4) is 5.69 Å². The predicted molar refractivity (Wildman–Crippen MR) is 294 cm³/mol. The number of nitrogens with zero attached hydrogens (tertiary/aromatic N) is 13. The highest BCUT2D eigenvalue weighted by molar-refractivity contribution is 6.33. The zero-order chi connectivity index (χ0) is 54.8. The van der Waals surface area contributed by atoms with Crippen molar-refractivity contribution < 1.29 is 27.2 Å². The molecule has 0 spiro atoms. The summed E-state index contributed by atoms with van der Waals surface area (Å²) in [6.07, 6.45) is 6.21. The van der Waals surface area contributed by atoms with Gasteiger partial charge in [0.15, 0.2) is 17.1 Å². The van der Waals surface area contributed by atoms with Crippen LogP contribution in [-0.2, 0) is 22.4 Å². The lowest BCUT2D eigenvalue weighted by Gasteiger charge is -2.40. The minimum atomic E-state index is -1.01. The van der Waals surface area contributed by atoms with E-state index < -0.39 is 40.6 Å². The molecule has 9 heterocycles. The van der Waals surface area contributed by atoms with Crippen LogP contribution in [0.15, 0.2) is 93.7 Å². The molecule has 2 aromatic carbocycles. The average Bonchev–Trinajstić information content (AvgIpc) is 3.73. The first-order chi connectivity index (χ1) is 37.6. The van der Waals surface area contributed by atoms with Gasteiger partial charge in [0.05, 0.1) is 45.7 Å². The van der Waals surface area contributed by atoms with E-state index in [1.54, 1.807) is 31.4 Å². The molecule has 6 aromatic heterocycles. The number of aromatic nitrogens is 8. The summed E-state index contributed by atoms with van der Waals surface area (Å²) in [6, 6.07) is 12.2. The van der Waals surface area contributed by atoms with Crippen molar-refractivity contribution in [1.82, 2.24) is 48.7 Å². The van der Waals surface area contributed by atoms with E-state index in [-0.39, 0.29) is 115 Å². The quantitative estimate of drug-likeness (QED) is 0.114. The van der Waals surface area contributed by atoms with Gasteiger partial charge in [-0.3, -0.25) is 9.59 Å². The van der Waals surface area contributed by atoms with Crippen molar-refractivity contribution in [1.29, 1.82) is 0 Å². The fourth-order valence-electron chi connectivity index (χ4n) is 11.1. The Balaban J connectivity index is 0.910. The maximum Gasteiger partial charge on any atom is 0.356 e. The maximum absolute atomic E-state index is 16.5. The Morgan fingerprint density at radius 2 is 1.44 bits per heavy atom. The summed E-state index contributed by atoms with van der Waals surface area (Å²) in [4.78, 5) is 92.5. The van der Waals surface area contributed by atoms with Crippen molar-refractivity contribution in [2.75, 3.05) is 67.1 Å². The summed E-state index contributed by atoms with van der Waals surface area (Å²) in [5.41, 5.74) is 1.29. The SMILES string of the molecule is C=CC(=O)N1CCN(c2nc(=O)n3c4nc(c(F)cc24)c2c(F)cccc2oc2ncnc(C(C)C/C=C\C(=O)N4CCN(c5nc(=O)n(-c6c(CC)cccc6CC)c6nc(N7CC(F)C7)c(Cl)cc56)[C@@H](C)C4)c23)[C@@H](C)C1. The number of hydrogen-bond acceptors (Lipinski definition) is 14. The molecule has 18 nitrogen and oxygen atoms in total. The molecule has 0 N–H and O–H groups in total. The van der Waals surface area contributed by atoms with Crippen LogP contribution in [0.2, 0.25) is 5.02 Å². The van der Waals surface area contributed by atoms with E-state index in [2.05, 4.69) is 26.5 Å². The minimum absolute atomic E-state index is 0.0507. The molecular weight excluding hydrogens is 1030 g/mol. The molecule has 2 amide bonds. The number of carbonyl (C=O) groups is 2. The van der Waals surface area contributed by atoms with Crippen molar-refractivity contribution >= 4 is 90.7 Å². The molecule has 2 bridgehead atoms. The van der Waals surface area contributed by atoms with Gasteiger partial charge in [0.1, 0.15) is 52.4 Å². The van der Waals surface area contributed by atoms with Crippen LogP contribution in [0.4, 0.5) is 30.6 Å². The predicted octanol–water partition coefficient (Wildman–Crippen LogP) is 7.81. The van der Waals surface area contributed by atoms with Crippen LogP contribution in [0.3, 0.4) is 0 Å². The summed E-state index contributed by atoms with van der Waals surface area (Å²) < 4.78 is 55.5. The fraction of sp³-hybridized carbons (Fsp3) is 0.357. The van der Waals surface area contributed by atoms with Crippen LogP contribution in [0.25, 0.3) is 55.5 Å². The summed E-state index contributed by atoms with van der Waals surface area (Å²) >= 11 is 6.92. The van der Waals surface area contributed by atoms with Gasteiger partial charge in [0.25, 0.3) is 0 Å². The van der Waals surface area contributed by atoms with Crippen LogP contribution in [0.5, 0.6) is 0 Å². The molecule has 3 aliphatic heterocycles. The molecule has 3 atom stereocenters. The number of carbonyl (C=O) groups excluding carboxylic acids is 2. The summed E-state index contributed by atoms with van der Waals surface area (Å²) in [5.74, 6) is -1.83. The van der Waals surface area contributed by atoms with Gasteiger partial charge >= 0.3 is 11.4 Å². The van der Waals surface area contributed by atoms with Gasteiger partial charge in [-0.15, -0.1) is 0 Å². The van der Waals surface area contributed by atoms with E-state index in [0.29, 0.717) is 58.5 Å². The Morgan fingerprint density at radius 1 is 0.795 bits per heavy atom. The largest absolute Gasteiger partial charge is 0.436 e. The molecule has 1 unspecified atom stereocenters. The number of rotatable bonds is 11. The first-order valence-electron chi connectivity index (χ1n) is 26.1. The van der Waals surface area contributed by atoms with Gasteiger partial charge < -0.3 is 28.9 Å². The summed E-state index contributed by atoms with van der Waals surface area (Å²) in [7, 11) is 0. The van der Waals surface area contributed by atoms with E-state index in [1.165, 1.54) is 36.7 Å². The normalized spacial score (nSPS) is 17.8. The summed E-state index contributed by atoms with van der Waals surface area (Å²) in [5, 5.41) is 0.714. The molecule has 0 radical (unpaired) electrons. The number of allylic oxidation sites excluding steroid dienone is 1. The third-order valence-corrected chi connectivity index (χ3v) is 15.5. The number of piperazine rings is 2. The second-order valence-corrected chi connectivity index (χ2v) is 20.5.